The van der Waals surface area contributed by atoms with E-state index in [-0.39, 0.29) is 24.6 Å². The molecule has 0 amide bonds. The van der Waals surface area contributed by atoms with E-state index in [0.717, 1.165) is 37.8 Å². The summed E-state index contributed by atoms with van der Waals surface area (Å²) in [5.74, 6) is 0.0636. The average molecular weight is 458 g/mol. The first-order valence-electron chi connectivity index (χ1n) is 9.89. The van der Waals surface area contributed by atoms with E-state index >= 15 is 0 Å². The largest absolute Gasteiger partial charge is 0.487 e. The minimum absolute atomic E-state index is 0. The lowest BCUT2D eigenvalue weighted by Crippen LogP contribution is -2.17. The van der Waals surface area contributed by atoms with Gasteiger partial charge in [-0.1, -0.05) is 0 Å². The number of hydrogen-bond donors (Lipinski definition) is 1. The number of thiophene rings is 1. The van der Waals surface area contributed by atoms with Crippen molar-refractivity contribution in [3.05, 3.63) is 87.2 Å². The van der Waals surface area contributed by atoms with E-state index in [4.69, 9.17) is 4.74 Å². The summed E-state index contributed by atoms with van der Waals surface area (Å²) in [6, 6.07) is 12.3. The highest BCUT2D eigenvalue weighted by atomic mass is 35.5. The van der Waals surface area contributed by atoms with Crippen molar-refractivity contribution in [3.63, 3.8) is 0 Å². The van der Waals surface area contributed by atoms with Gasteiger partial charge >= 0.3 is 0 Å². The van der Waals surface area contributed by atoms with Gasteiger partial charge < -0.3 is 10.1 Å². The fourth-order valence-electron chi connectivity index (χ4n) is 3.73. The molecular formula is C23H21ClFN3O2S. The molecule has 0 aliphatic carbocycles. The van der Waals surface area contributed by atoms with Gasteiger partial charge in [0.25, 0.3) is 5.56 Å². The van der Waals surface area contributed by atoms with Crippen LogP contribution in [-0.2, 0) is 19.6 Å². The van der Waals surface area contributed by atoms with Gasteiger partial charge in [-0.25, -0.2) is 4.39 Å². The van der Waals surface area contributed by atoms with Crippen LogP contribution >= 0.6 is 23.7 Å². The molecule has 5 rings (SSSR count). The molecule has 1 aliphatic rings. The van der Waals surface area contributed by atoms with Crippen LogP contribution in [-0.4, -0.2) is 16.1 Å². The molecule has 4 heterocycles. The number of aryl methyl sites for hydroxylation is 1. The minimum Gasteiger partial charge on any atom is -0.487 e. The fraction of sp³-hybridized carbons (Fsp3) is 0.217. The Morgan fingerprint density at radius 2 is 2.10 bits per heavy atom. The Hall–Kier alpha value is -2.74. The van der Waals surface area contributed by atoms with Crippen molar-refractivity contribution in [1.82, 2.24) is 14.9 Å². The van der Waals surface area contributed by atoms with Gasteiger partial charge in [-0.05, 0) is 66.7 Å². The number of ether oxygens (including phenoxy) is 1. The highest BCUT2D eigenvalue weighted by Gasteiger charge is 2.15. The SMILES string of the molecule is Cl.O=c1cc(OCc2ccc(F)cn2)ccn1-c1ccc2sc3c(c2c1)CNCCC3. The lowest BCUT2D eigenvalue weighted by Gasteiger charge is -2.09. The summed E-state index contributed by atoms with van der Waals surface area (Å²) in [4.78, 5) is 18.1. The van der Waals surface area contributed by atoms with E-state index in [9.17, 15) is 9.18 Å². The van der Waals surface area contributed by atoms with E-state index in [1.165, 1.54) is 32.7 Å². The zero-order chi connectivity index (χ0) is 20.5. The van der Waals surface area contributed by atoms with Crippen LogP contribution in [0, 0.1) is 5.82 Å². The fourth-order valence-corrected chi connectivity index (χ4v) is 4.98. The molecule has 0 fully saturated rings. The summed E-state index contributed by atoms with van der Waals surface area (Å²) in [7, 11) is 0. The topological polar surface area (TPSA) is 56.1 Å². The van der Waals surface area contributed by atoms with Crippen molar-refractivity contribution in [2.75, 3.05) is 6.54 Å². The number of fused-ring (bicyclic) bond motifs is 3. The predicted octanol–water partition coefficient (Wildman–Crippen LogP) is 4.62. The molecule has 31 heavy (non-hydrogen) atoms. The maximum absolute atomic E-state index is 12.9. The van der Waals surface area contributed by atoms with Crippen LogP contribution < -0.4 is 15.6 Å². The highest BCUT2D eigenvalue weighted by Crippen LogP contribution is 2.34. The first-order valence-corrected chi connectivity index (χ1v) is 10.7. The van der Waals surface area contributed by atoms with E-state index in [2.05, 4.69) is 22.4 Å². The first-order chi connectivity index (χ1) is 14.7. The van der Waals surface area contributed by atoms with Crippen LogP contribution in [0.25, 0.3) is 15.8 Å². The molecule has 1 N–H and O–H groups in total. The van der Waals surface area contributed by atoms with Gasteiger partial charge in [-0.3, -0.25) is 14.3 Å². The summed E-state index contributed by atoms with van der Waals surface area (Å²) in [6.45, 7) is 2.08. The minimum atomic E-state index is -0.392. The second kappa shape index (κ2) is 9.18. The Kier molecular flexibility index (Phi) is 6.36. The third-order valence-electron chi connectivity index (χ3n) is 5.26. The molecule has 5 nitrogen and oxygen atoms in total. The van der Waals surface area contributed by atoms with Crippen LogP contribution in [0.2, 0.25) is 0 Å². The summed E-state index contributed by atoms with van der Waals surface area (Å²) in [6.07, 6.45) is 5.13. The molecule has 4 aromatic rings. The van der Waals surface area contributed by atoms with Crippen molar-refractivity contribution < 1.29 is 9.13 Å². The van der Waals surface area contributed by atoms with Gasteiger partial charge in [-0.15, -0.1) is 23.7 Å². The molecular weight excluding hydrogens is 437 g/mol. The van der Waals surface area contributed by atoms with Crippen LogP contribution in [0.5, 0.6) is 5.75 Å². The van der Waals surface area contributed by atoms with Crippen LogP contribution in [0.3, 0.4) is 0 Å². The molecule has 0 atom stereocenters. The molecule has 0 spiro atoms. The van der Waals surface area contributed by atoms with Crippen molar-refractivity contribution in [2.24, 2.45) is 0 Å². The summed E-state index contributed by atoms with van der Waals surface area (Å²) in [5.41, 5.74) is 2.62. The Morgan fingerprint density at radius 3 is 2.90 bits per heavy atom. The normalized spacial score (nSPS) is 13.3. The number of halogens is 2. The van der Waals surface area contributed by atoms with E-state index in [1.807, 2.05) is 17.4 Å². The maximum atomic E-state index is 12.9. The van der Waals surface area contributed by atoms with E-state index in [1.54, 1.807) is 22.9 Å². The number of pyridine rings is 2. The Bertz CT molecular complexity index is 1270. The van der Waals surface area contributed by atoms with Gasteiger partial charge in [0.15, 0.2) is 0 Å². The molecule has 0 saturated carbocycles. The number of benzene rings is 1. The number of aromatic nitrogens is 2. The molecule has 1 aliphatic heterocycles. The molecule has 1 aromatic carbocycles. The monoisotopic (exact) mass is 457 g/mol. The molecule has 8 heteroatoms. The Labute approximate surface area is 188 Å². The predicted molar refractivity (Wildman–Crippen MR) is 123 cm³/mol. The summed E-state index contributed by atoms with van der Waals surface area (Å²) in [5, 5.41) is 4.71. The molecule has 3 aromatic heterocycles. The Balaban J connectivity index is 0.00000231. The van der Waals surface area contributed by atoms with Crippen molar-refractivity contribution in [3.8, 4) is 11.4 Å². The quantitative estimate of drug-likeness (QED) is 0.485. The molecule has 0 bridgehead atoms. The zero-order valence-corrected chi connectivity index (χ0v) is 18.3. The van der Waals surface area contributed by atoms with Crippen molar-refractivity contribution in [1.29, 1.82) is 0 Å². The first kappa shape index (κ1) is 21.5. The van der Waals surface area contributed by atoms with Crippen molar-refractivity contribution in [2.45, 2.75) is 26.0 Å². The van der Waals surface area contributed by atoms with E-state index < -0.39 is 5.82 Å². The third-order valence-corrected chi connectivity index (χ3v) is 6.53. The van der Waals surface area contributed by atoms with Gasteiger partial charge in [-0.2, -0.15) is 0 Å². The lowest BCUT2D eigenvalue weighted by atomic mass is 10.1. The number of hydrogen-bond acceptors (Lipinski definition) is 5. The smallest absolute Gasteiger partial charge is 0.258 e. The third kappa shape index (κ3) is 4.49. The molecule has 160 valence electrons. The second-order valence-corrected chi connectivity index (χ2v) is 8.43. The van der Waals surface area contributed by atoms with Gasteiger partial charge in [0, 0.05) is 34.1 Å². The lowest BCUT2D eigenvalue weighted by molar-refractivity contribution is 0.300. The zero-order valence-electron chi connectivity index (χ0n) is 16.6. The summed E-state index contributed by atoms with van der Waals surface area (Å²) >= 11 is 1.85. The van der Waals surface area contributed by atoms with E-state index in [0.29, 0.717) is 11.4 Å². The highest BCUT2D eigenvalue weighted by molar-refractivity contribution is 7.19. The maximum Gasteiger partial charge on any atom is 0.258 e. The van der Waals surface area contributed by atoms with Gasteiger partial charge in [0.1, 0.15) is 18.2 Å². The van der Waals surface area contributed by atoms with Gasteiger partial charge in [0.2, 0.25) is 0 Å². The summed E-state index contributed by atoms with van der Waals surface area (Å²) < 4.78 is 21.5. The molecule has 0 radical (unpaired) electrons. The second-order valence-electron chi connectivity index (χ2n) is 7.29. The average Bonchev–Trinajstić information content (AvgIpc) is 2.93. The molecule has 0 saturated heterocycles. The molecule has 0 unspecified atom stereocenters. The number of nitrogens with one attached hydrogen (secondary N) is 1. The standard InChI is InChI=1S/C23H20FN3O2S.ClH/c24-15-3-4-16(26-12-15)14-29-18-7-9-27(23(28)11-18)17-5-6-22-19(10-17)20-13-25-8-1-2-21(20)30-22;/h3-7,9-12,25H,1-2,8,13-14H2;1H. The Morgan fingerprint density at radius 1 is 1.19 bits per heavy atom. The number of nitrogens with zero attached hydrogens (tertiary/aromatic N) is 2. The van der Waals surface area contributed by atoms with Crippen LogP contribution in [0.4, 0.5) is 4.39 Å². The number of rotatable bonds is 4. The van der Waals surface area contributed by atoms with Crippen LogP contribution in [0.1, 0.15) is 22.6 Å². The van der Waals surface area contributed by atoms with Crippen LogP contribution in [0.15, 0.2) is 59.7 Å². The van der Waals surface area contributed by atoms with Crippen molar-refractivity contribution >= 4 is 33.8 Å². The van der Waals surface area contributed by atoms with Gasteiger partial charge in [0.05, 0.1) is 11.9 Å².